The Balaban J connectivity index is 1.69. The number of imidazole rings is 1. The zero-order chi connectivity index (χ0) is 27.3. The summed E-state index contributed by atoms with van der Waals surface area (Å²) in [5.74, 6) is -0.264. The van der Waals surface area contributed by atoms with E-state index in [1.165, 1.54) is 30.2 Å². The molecule has 5 atom stereocenters. The molecule has 2 aromatic heterocycles. The Labute approximate surface area is 223 Å². The molecule has 0 spiro atoms. The highest BCUT2D eigenvalue weighted by atomic mass is 32.5. The van der Waals surface area contributed by atoms with Gasteiger partial charge in [0.2, 0.25) is 6.49 Å². The maximum Gasteiger partial charge on any atom is 0.256 e. The Hall–Kier alpha value is -3.11. The van der Waals surface area contributed by atoms with Crippen molar-refractivity contribution >= 4 is 41.2 Å². The molecular weight excluding hydrogens is 534 g/mol. The Morgan fingerprint density at radius 1 is 1.39 bits per heavy atom. The first-order chi connectivity index (χ1) is 18.3. The monoisotopic (exact) mass is 560 g/mol. The number of carbonyl (C=O) groups excluding carboxylic acids is 1. The van der Waals surface area contributed by atoms with Gasteiger partial charge in [-0.1, -0.05) is 24.3 Å². The molecule has 200 valence electrons. The molecule has 1 aromatic carbocycles. The summed E-state index contributed by atoms with van der Waals surface area (Å²) in [5, 5.41) is 20.2. The third-order valence-electron chi connectivity index (χ3n) is 6.26. The van der Waals surface area contributed by atoms with E-state index in [2.05, 4.69) is 26.8 Å². The highest BCUT2D eigenvalue weighted by Crippen LogP contribution is 2.68. The molecule has 3 aromatic rings. The summed E-state index contributed by atoms with van der Waals surface area (Å²) in [6.45, 7) is 0.988. The highest BCUT2D eigenvalue weighted by molar-refractivity contribution is 8.10. The summed E-state index contributed by atoms with van der Waals surface area (Å²) >= 11 is 5.75. The number of nitrogens with one attached hydrogen (secondary N) is 1. The van der Waals surface area contributed by atoms with Crippen molar-refractivity contribution in [2.45, 2.75) is 37.0 Å². The Morgan fingerprint density at radius 2 is 2.16 bits per heavy atom. The van der Waals surface area contributed by atoms with Gasteiger partial charge in [-0.05, 0) is 30.9 Å². The van der Waals surface area contributed by atoms with E-state index in [0.717, 1.165) is 0 Å². The van der Waals surface area contributed by atoms with Crippen LogP contribution in [0.4, 0.5) is 10.2 Å². The van der Waals surface area contributed by atoms with E-state index in [1.54, 1.807) is 30.3 Å². The lowest BCUT2D eigenvalue weighted by Gasteiger charge is -2.39. The zero-order valence-electron chi connectivity index (χ0n) is 20.4. The van der Waals surface area contributed by atoms with Crippen LogP contribution in [0.1, 0.15) is 29.9 Å². The third kappa shape index (κ3) is 4.99. The van der Waals surface area contributed by atoms with Crippen molar-refractivity contribution in [1.29, 1.82) is 5.26 Å². The largest absolute Gasteiger partial charge is 0.394 e. The van der Waals surface area contributed by atoms with Gasteiger partial charge < -0.3 is 24.2 Å². The van der Waals surface area contributed by atoms with Crippen LogP contribution in [0, 0.1) is 11.3 Å². The van der Waals surface area contributed by atoms with Crippen LogP contribution >= 0.6 is 6.49 Å². The van der Waals surface area contributed by atoms with Gasteiger partial charge in [0.05, 0.1) is 38.6 Å². The van der Waals surface area contributed by atoms with Crippen molar-refractivity contribution in [1.82, 2.24) is 19.5 Å². The molecule has 4 rings (SSSR count). The van der Waals surface area contributed by atoms with Gasteiger partial charge in [-0.3, -0.25) is 9.36 Å². The molecule has 3 heterocycles. The van der Waals surface area contributed by atoms with Crippen molar-refractivity contribution in [3.05, 3.63) is 61.2 Å². The zero-order valence-corrected chi connectivity index (χ0v) is 22.1. The molecular formula is C24H26FN6O5PS. The number of alkyl halides is 1. The lowest BCUT2D eigenvalue weighted by molar-refractivity contribution is -0.0374. The molecule has 0 radical (unpaired) electrons. The van der Waals surface area contributed by atoms with Crippen LogP contribution in [0.25, 0.3) is 11.2 Å². The summed E-state index contributed by atoms with van der Waals surface area (Å²) in [7, 11) is 0. The number of hydrogen-bond acceptors (Lipinski definition) is 10. The van der Waals surface area contributed by atoms with Crippen molar-refractivity contribution in [2.24, 2.45) is 0 Å². The number of amides is 1. The van der Waals surface area contributed by atoms with E-state index < -0.39 is 42.7 Å². The minimum absolute atomic E-state index is 0.0132. The van der Waals surface area contributed by atoms with Gasteiger partial charge in [0, 0.05) is 5.56 Å². The van der Waals surface area contributed by atoms with Crippen molar-refractivity contribution in [2.75, 3.05) is 25.1 Å². The number of hydrogen-bond donors (Lipinski definition) is 2. The molecule has 38 heavy (non-hydrogen) atoms. The van der Waals surface area contributed by atoms with Crippen LogP contribution in [0.2, 0.25) is 0 Å². The fraction of sp³-hybridized carbons (Fsp3) is 0.375. The molecule has 1 saturated heterocycles. The second kappa shape index (κ2) is 11.7. The molecule has 11 nitrogen and oxygen atoms in total. The van der Waals surface area contributed by atoms with E-state index in [-0.39, 0.29) is 36.6 Å². The number of aliphatic hydroxyl groups is 1. The minimum Gasteiger partial charge on any atom is -0.394 e. The van der Waals surface area contributed by atoms with Crippen LogP contribution in [0.5, 0.6) is 0 Å². The summed E-state index contributed by atoms with van der Waals surface area (Å²) < 4.78 is 35.4. The number of anilines is 1. The Bertz CT molecular complexity index is 1400. The highest BCUT2D eigenvalue weighted by Gasteiger charge is 2.63. The van der Waals surface area contributed by atoms with E-state index in [9.17, 15) is 9.90 Å². The average Bonchev–Trinajstić information content (AvgIpc) is 3.48. The summed E-state index contributed by atoms with van der Waals surface area (Å²) in [6, 6.07) is 10.5. The van der Waals surface area contributed by atoms with Crippen molar-refractivity contribution < 1.29 is 28.1 Å². The van der Waals surface area contributed by atoms with Gasteiger partial charge >= 0.3 is 0 Å². The number of nitrogens with zero attached hydrogens (tertiary/aromatic N) is 5. The van der Waals surface area contributed by atoms with E-state index in [4.69, 9.17) is 30.9 Å². The summed E-state index contributed by atoms with van der Waals surface area (Å²) in [6.07, 6.45) is -0.211. The van der Waals surface area contributed by atoms with Crippen LogP contribution in [0.15, 0.2) is 55.6 Å². The second-order valence-corrected chi connectivity index (χ2v) is 12.4. The van der Waals surface area contributed by atoms with Gasteiger partial charge in [0.1, 0.15) is 17.6 Å². The number of carbonyl (C=O) groups is 1. The number of ether oxygens (including phenoxy) is 1. The molecule has 0 bridgehead atoms. The number of fused-ring (bicyclic) bond motifs is 1. The molecule has 1 aliphatic rings. The number of benzene rings is 1. The fourth-order valence-electron chi connectivity index (χ4n) is 4.18. The Kier molecular flexibility index (Phi) is 8.62. The molecule has 2 N–H and O–H groups in total. The lowest BCUT2D eigenvalue weighted by atomic mass is 10.0. The fourth-order valence-corrected chi connectivity index (χ4v) is 7.43. The minimum atomic E-state index is -3.49. The van der Waals surface area contributed by atoms with Crippen molar-refractivity contribution in [3.63, 3.8) is 0 Å². The van der Waals surface area contributed by atoms with E-state index >= 15 is 4.39 Å². The van der Waals surface area contributed by atoms with E-state index in [0.29, 0.717) is 5.56 Å². The molecule has 2 unspecified atom stereocenters. The van der Waals surface area contributed by atoms with Crippen LogP contribution < -0.4 is 5.32 Å². The second-order valence-electron chi connectivity index (χ2n) is 8.52. The van der Waals surface area contributed by atoms with E-state index in [1.807, 2.05) is 6.07 Å². The first kappa shape index (κ1) is 27.9. The van der Waals surface area contributed by atoms with Gasteiger partial charge in [0.15, 0.2) is 29.4 Å². The van der Waals surface area contributed by atoms with Crippen molar-refractivity contribution in [3.8, 4) is 6.07 Å². The lowest BCUT2D eigenvalue weighted by Crippen LogP contribution is -2.45. The molecule has 1 aliphatic heterocycles. The van der Waals surface area contributed by atoms with Crippen LogP contribution in [-0.4, -0.2) is 67.8 Å². The summed E-state index contributed by atoms with van der Waals surface area (Å²) in [4.78, 5) is 25.3. The molecule has 0 aliphatic carbocycles. The van der Waals surface area contributed by atoms with Gasteiger partial charge in [-0.2, -0.15) is 5.26 Å². The topological polar surface area (TPSA) is 144 Å². The summed E-state index contributed by atoms with van der Waals surface area (Å²) in [5.41, 5.74) is 0.835. The molecule has 1 fully saturated rings. The molecule has 1 amide bonds. The first-order valence-electron chi connectivity index (χ1n) is 11.6. The smallest absolute Gasteiger partial charge is 0.256 e. The number of halogens is 1. The van der Waals surface area contributed by atoms with Gasteiger partial charge in [-0.15, -0.1) is 6.58 Å². The standard InChI is InChI=1S/C24H26FN6O5PS/c1-3-11-34-37(38,35-12-7-10-26)24(2)17(13-32)36-23(19(24)25)31-15-29-18-20(27-14-28-21(18)31)30-22(33)16-8-5-4-6-9-16/h3-6,8-9,14-15,17,19,23,32H,1,7,11-13H2,2H3,(H,27,28,30,33)/t17-,19-,23?,24-,37?/m0/s1. The molecule has 14 heteroatoms. The number of rotatable bonds is 11. The van der Waals surface area contributed by atoms with Crippen LogP contribution in [0.3, 0.4) is 0 Å². The molecule has 0 saturated carbocycles. The normalized spacial score (nSPS) is 24.5. The number of aliphatic hydroxyl groups excluding tert-OH is 1. The van der Waals surface area contributed by atoms with Gasteiger partial charge in [-0.25, -0.2) is 19.3 Å². The first-order valence-corrected chi connectivity index (χ1v) is 14.3. The predicted molar refractivity (Wildman–Crippen MR) is 141 cm³/mol. The predicted octanol–water partition coefficient (Wildman–Crippen LogP) is 3.51. The maximum absolute atomic E-state index is 16.4. The quantitative estimate of drug-likeness (QED) is 0.203. The Morgan fingerprint density at radius 3 is 2.84 bits per heavy atom. The maximum atomic E-state index is 16.4. The average molecular weight is 561 g/mol. The number of nitriles is 1. The number of aromatic nitrogens is 4. The van der Waals surface area contributed by atoms with Gasteiger partial charge in [0.25, 0.3) is 5.91 Å². The van der Waals surface area contributed by atoms with Crippen LogP contribution in [-0.2, 0) is 25.6 Å². The SMILES string of the molecule is C=CCOP(=S)(OCCC#N)[C@@]1(C)[C@H](CO)OC(n2cnc3c(NC(=O)c4ccccc4)ncnc32)[C@@H]1F. The third-order valence-corrected chi connectivity index (χ3v) is 10.8.